The van der Waals surface area contributed by atoms with Crippen molar-refractivity contribution in [1.82, 2.24) is 14.8 Å². The average Bonchev–Trinajstić information content (AvgIpc) is 3.17. The number of nitrogens with zero attached hydrogens (tertiary/aromatic N) is 3. The van der Waals surface area contributed by atoms with E-state index in [1.54, 1.807) is 0 Å². The van der Waals surface area contributed by atoms with Crippen molar-refractivity contribution in [2.75, 3.05) is 26.2 Å². The van der Waals surface area contributed by atoms with Crippen LogP contribution in [0.2, 0.25) is 0 Å². The quantitative estimate of drug-likeness (QED) is 0.797. The topological polar surface area (TPSA) is 36.4 Å². The first-order chi connectivity index (χ1) is 12.9. The fraction of sp³-hybridized carbons (Fsp3) is 0.545. The molecular formula is C22H29N3OS. The van der Waals surface area contributed by atoms with Gasteiger partial charge >= 0.3 is 0 Å². The van der Waals surface area contributed by atoms with Crippen LogP contribution in [0, 0.1) is 26.2 Å². The third-order valence-electron chi connectivity index (χ3n) is 6.10. The predicted octanol–water partition coefficient (Wildman–Crippen LogP) is 4.20. The van der Waals surface area contributed by atoms with Crippen LogP contribution in [0.15, 0.2) is 24.3 Å². The second-order valence-electron chi connectivity index (χ2n) is 8.40. The molecule has 4 nitrogen and oxygen atoms in total. The highest BCUT2D eigenvalue weighted by molar-refractivity contribution is 7.11. The number of carbonyl (C=O) groups excluding carboxylic acids is 1. The maximum absolute atomic E-state index is 13.0. The normalized spacial score (nSPS) is 23.3. The van der Waals surface area contributed by atoms with Gasteiger partial charge in [-0.05, 0) is 58.7 Å². The lowest BCUT2D eigenvalue weighted by atomic mass is 9.79. The van der Waals surface area contributed by atoms with Crippen LogP contribution in [0.4, 0.5) is 0 Å². The summed E-state index contributed by atoms with van der Waals surface area (Å²) in [6, 6.07) is 8.00. The lowest BCUT2D eigenvalue weighted by molar-refractivity contribution is 0.0527. The molecule has 0 unspecified atom stereocenters. The number of benzene rings is 1. The molecule has 2 fully saturated rings. The van der Waals surface area contributed by atoms with E-state index in [1.165, 1.54) is 23.4 Å². The van der Waals surface area contributed by atoms with Gasteiger partial charge in [0.05, 0.1) is 10.7 Å². The van der Waals surface area contributed by atoms with E-state index in [9.17, 15) is 4.79 Å². The first kappa shape index (κ1) is 18.6. The molecule has 27 heavy (non-hydrogen) atoms. The van der Waals surface area contributed by atoms with Crippen LogP contribution in [0.25, 0.3) is 0 Å². The van der Waals surface area contributed by atoms with Gasteiger partial charge in [0.25, 0.3) is 5.91 Å². The maximum Gasteiger partial charge on any atom is 0.253 e. The fourth-order valence-corrected chi connectivity index (χ4v) is 5.74. The molecule has 1 aromatic heterocycles. The van der Waals surface area contributed by atoms with Crippen molar-refractivity contribution in [1.29, 1.82) is 0 Å². The molecule has 3 heterocycles. The molecule has 4 rings (SSSR count). The highest BCUT2D eigenvalue weighted by atomic mass is 32.1. The van der Waals surface area contributed by atoms with E-state index < -0.39 is 0 Å². The molecule has 2 aromatic rings. The minimum atomic E-state index is 0.199. The molecule has 0 aliphatic carbocycles. The molecule has 2 aliphatic rings. The Bertz CT molecular complexity index is 846. The zero-order valence-corrected chi connectivity index (χ0v) is 17.4. The number of hydrogen-bond donors (Lipinski definition) is 0. The SMILES string of the molecule is Cc1cccc(C(=O)N2CCC[C@]3(CCN(Cc4sc(C)nc4C)C3)C2)c1. The van der Waals surface area contributed by atoms with Crippen LogP contribution in [-0.4, -0.2) is 46.9 Å². The zero-order valence-electron chi connectivity index (χ0n) is 16.6. The lowest BCUT2D eigenvalue weighted by Gasteiger charge is -2.40. The minimum Gasteiger partial charge on any atom is -0.338 e. The number of piperidine rings is 1. The summed E-state index contributed by atoms with van der Waals surface area (Å²) in [5.74, 6) is 0.199. The van der Waals surface area contributed by atoms with Gasteiger partial charge < -0.3 is 4.90 Å². The Morgan fingerprint density at radius 2 is 2.04 bits per heavy atom. The van der Waals surface area contributed by atoms with E-state index in [2.05, 4.69) is 28.6 Å². The van der Waals surface area contributed by atoms with Gasteiger partial charge in [0.1, 0.15) is 0 Å². The standard InChI is InChI=1S/C22H29N3OS/c1-16-6-4-7-19(12-16)21(26)25-10-5-8-22(15-25)9-11-24(14-22)13-20-17(2)23-18(3)27-20/h4,6-7,12H,5,8-11,13-15H2,1-3H3/t22-/m1/s1. The van der Waals surface area contributed by atoms with E-state index in [4.69, 9.17) is 0 Å². The van der Waals surface area contributed by atoms with E-state index in [0.717, 1.165) is 55.3 Å². The molecule has 0 radical (unpaired) electrons. The van der Waals surface area contributed by atoms with Crippen LogP contribution in [-0.2, 0) is 6.54 Å². The molecule has 0 bridgehead atoms. The summed E-state index contributed by atoms with van der Waals surface area (Å²) in [6.45, 7) is 11.3. The van der Waals surface area contributed by atoms with Crippen molar-refractivity contribution >= 4 is 17.2 Å². The van der Waals surface area contributed by atoms with Crippen molar-refractivity contribution in [2.45, 2.75) is 46.6 Å². The van der Waals surface area contributed by atoms with Gasteiger partial charge in [-0.1, -0.05) is 17.7 Å². The Hall–Kier alpha value is -1.72. The number of aryl methyl sites for hydroxylation is 3. The highest BCUT2D eigenvalue weighted by Crippen LogP contribution is 2.40. The van der Waals surface area contributed by atoms with Gasteiger partial charge in [-0.2, -0.15) is 0 Å². The number of rotatable bonds is 3. The van der Waals surface area contributed by atoms with Gasteiger partial charge in [-0.15, -0.1) is 11.3 Å². The molecular weight excluding hydrogens is 354 g/mol. The largest absolute Gasteiger partial charge is 0.338 e. The number of amides is 1. The van der Waals surface area contributed by atoms with Crippen molar-refractivity contribution in [3.8, 4) is 0 Å². The van der Waals surface area contributed by atoms with Crippen molar-refractivity contribution in [3.63, 3.8) is 0 Å². The van der Waals surface area contributed by atoms with Crippen molar-refractivity contribution in [2.24, 2.45) is 5.41 Å². The Labute approximate surface area is 166 Å². The van der Waals surface area contributed by atoms with Gasteiger partial charge in [0, 0.05) is 42.0 Å². The maximum atomic E-state index is 13.0. The number of aromatic nitrogens is 1. The van der Waals surface area contributed by atoms with E-state index in [0.29, 0.717) is 0 Å². The van der Waals surface area contributed by atoms with Gasteiger partial charge in [0.15, 0.2) is 0 Å². The summed E-state index contributed by atoms with van der Waals surface area (Å²) in [6.07, 6.45) is 3.55. The van der Waals surface area contributed by atoms with E-state index in [1.807, 2.05) is 42.5 Å². The molecule has 144 valence electrons. The zero-order chi connectivity index (χ0) is 19.0. The lowest BCUT2D eigenvalue weighted by Crippen LogP contribution is -2.47. The Morgan fingerprint density at radius 1 is 1.19 bits per heavy atom. The Balaban J connectivity index is 1.43. The molecule has 2 saturated heterocycles. The third kappa shape index (κ3) is 3.94. The van der Waals surface area contributed by atoms with Gasteiger partial charge in [0.2, 0.25) is 0 Å². The van der Waals surface area contributed by atoms with Crippen molar-refractivity contribution < 1.29 is 4.79 Å². The number of thiazole rings is 1. The molecule has 1 spiro atoms. The summed E-state index contributed by atoms with van der Waals surface area (Å²) in [4.78, 5) is 23.7. The summed E-state index contributed by atoms with van der Waals surface area (Å²) in [7, 11) is 0. The molecule has 1 amide bonds. The molecule has 1 atom stereocenters. The third-order valence-corrected chi connectivity index (χ3v) is 7.16. The van der Waals surface area contributed by atoms with Gasteiger partial charge in [-0.25, -0.2) is 4.98 Å². The first-order valence-corrected chi connectivity index (χ1v) is 10.8. The van der Waals surface area contributed by atoms with Gasteiger partial charge in [-0.3, -0.25) is 9.69 Å². The Kier molecular flexibility index (Phi) is 5.08. The average molecular weight is 384 g/mol. The van der Waals surface area contributed by atoms with Crippen LogP contribution in [0.3, 0.4) is 0 Å². The summed E-state index contributed by atoms with van der Waals surface area (Å²) in [5, 5.41) is 1.16. The number of hydrogen-bond acceptors (Lipinski definition) is 4. The molecule has 2 aliphatic heterocycles. The molecule has 5 heteroatoms. The van der Waals surface area contributed by atoms with Crippen LogP contribution in [0.1, 0.15) is 50.8 Å². The summed E-state index contributed by atoms with van der Waals surface area (Å²) >= 11 is 1.82. The smallest absolute Gasteiger partial charge is 0.253 e. The summed E-state index contributed by atoms with van der Waals surface area (Å²) in [5.41, 5.74) is 3.43. The second-order valence-corrected chi connectivity index (χ2v) is 9.69. The van der Waals surface area contributed by atoms with Crippen LogP contribution < -0.4 is 0 Å². The number of likely N-dealkylation sites (tertiary alicyclic amines) is 2. The predicted molar refractivity (Wildman–Crippen MR) is 110 cm³/mol. The Morgan fingerprint density at radius 3 is 2.78 bits per heavy atom. The minimum absolute atomic E-state index is 0.199. The van der Waals surface area contributed by atoms with E-state index in [-0.39, 0.29) is 11.3 Å². The fourth-order valence-electron chi connectivity index (χ4n) is 4.76. The van der Waals surface area contributed by atoms with E-state index >= 15 is 0 Å². The second kappa shape index (κ2) is 7.36. The number of carbonyl (C=O) groups is 1. The highest BCUT2D eigenvalue weighted by Gasteiger charge is 2.42. The summed E-state index contributed by atoms with van der Waals surface area (Å²) < 4.78 is 0. The molecule has 1 aromatic carbocycles. The monoisotopic (exact) mass is 383 g/mol. The first-order valence-electron chi connectivity index (χ1n) is 9.95. The van der Waals surface area contributed by atoms with Crippen LogP contribution in [0.5, 0.6) is 0 Å². The molecule has 0 saturated carbocycles. The molecule has 0 N–H and O–H groups in total. The van der Waals surface area contributed by atoms with Crippen LogP contribution >= 0.6 is 11.3 Å². The van der Waals surface area contributed by atoms with Crippen molar-refractivity contribution in [3.05, 3.63) is 51.0 Å².